The highest BCUT2D eigenvalue weighted by Gasteiger charge is 1.99. The monoisotopic (exact) mass is 200 g/mol. The van der Waals surface area contributed by atoms with Crippen molar-refractivity contribution in [2.45, 2.75) is 24.7 Å². The Hall–Kier alpha value is -0.140. The summed E-state index contributed by atoms with van der Waals surface area (Å²) in [5.74, 6) is 0. The molecule has 0 fully saturated rings. The lowest BCUT2D eigenvalue weighted by Gasteiger charge is -2.03. The molecule has 0 aliphatic heterocycles. The van der Waals surface area contributed by atoms with Gasteiger partial charge in [-0.05, 0) is 30.4 Å². The first-order valence-electron chi connectivity index (χ1n) is 4.10. The van der Waals surface area contributed by atoms with Crippen LogP contribution in [-0.2, 0) is 6.42 Å². The third kappa shape index (κ3) is 2.43. The number of rotatable bonds is 3. The highest BCUT2D eigenvalue weighted by atomic mass is 35.5. The van der Waals surface area contributed by atoms with Gasteiger partial charge in [0.1, 0.15) is 0 Å². The second kappa shape index (κ2) is 4.78. The minimum Gasteiger partial charge on any atom is -0.130 e. The van der Waals surface area contributed by atoms with Gasteiger partial charge in [0.2, 0.25) is 0 Å². The zero-order valence-corrected chi connectivity index (χ0v) is 9.00. The van der Waals surface area contributed by atoms with E-state index in [0.29, 0.717) is 0 Å². The molecule has 0 aromatic heterocycles. The van der Waals surface area contributed by atoms with Gasteiger partial charge in [-0.15, -0.1) is 11.8 Å². The summed E-state index contributed by atoms with van der Waals surface area (Å²) in [7, 11) is 0. The largest absolute Gasteiger partial charge is 0.130 e. The molecule has 12 heavy (non-hydrogen) atoms. The summed E-state index contributed by atoms with van der Waals surface area (Å²) in [6, 6.07) is 6.29. The van der Waals surface area contributed by atoms with Gasteiger partial charge in [-0.3, -0.25) is 0 Å². The molecule has 1 aromatic carbocycles. The summed E-state index contributed by atoms with van der Waals surface area (Å²) >= 11 is 7.80. The maximum Gasteiger partial charge on any atom is 0.0449 e. The van der Waals surface area contributed by atoms with E-state index in [2.05, 4.69) is 25.3 Å². The van der Waals surface area contributed by atoms with Crippen LogP contribution in [0.2, 0.25) is 5.02 Å². The summed E-state index contributed by atoms with van der Waals surface area (Å²) in [5, 5.41) is 0.906. The zero-order valence-electron chi connectivity index (χ0n) is 7.43. The zero-order chi connectivity index (χ0) is 8.97. The molecule has 0 radical (unpaired) electrons. The molecule has 1 aromatic rings. The smallest absolute Gasteiger partial charge is 0.0449 e. The summed E-state index contributed by atoms with van der Waals surface area (Å²) in [5.41, 5.74) is 1.26. The Kier molecular flexibility index (Phi) is 3.96. The van der Waals surface area contributed by atoms with Crippen LogP contribution in [-0.4, -0.2) is 6.26 Å². The van der Waals surface area contributed by atoms with Gasteiger partial charge in [0.15, 0.2) is 0 Å². The fourth-order valence-corrected chi connectivity index (χ4v) is 1.91. The van der Waals surface area contributed by atoms with E-state index in [1.54, 1.807) is 11.8 Å². The van der Waals surface area contributed by atoms with Crippen LogP contribution in [0.25, 0.3) is 0 Å². The van der Waals surface area contributed by atoms with Crippen molar-refractivity contribution in [1.29, 1.82) is 0 Å². The predicted molar refractivity (Wildman–Crippen MR) is 57.2 cm³/mol. The number of hydrogen-bond donors (Lipinski definition) is 0. The van der Waals surface area contributed by atoms with Gasteiger partial charge in [-0.1, -0.05) is 31.0 Å². The van der Waals surface area contributed by atoms with E-state index < -0.39 is 0 Å². The molecule has 2 heteroatoms. The Balaban J connectivity index is 2.87. The maximum absolute atomic E-state index is 6.07. The Bertz CT molecular complexity index is 258. The quantitative estimate of drug-likeness (QED) is 0.665. The van der Waals surface area contributed by atoms with Crippen LogP contribution in [0.5, 0.6) is 0 Å². The molecule has 0 unspecified atom stereocenters. The van der Waals surface area contributed by atoms with Crippen molar-refractivity contribution in [2.75, 3.05) is 6.26 Å². The molecule has 0 saturated heterocycles. The van der Waals surface area contributed by atoms with E-state index in [1.807, 2.05) is 6.07 Å². The first-order valence-corrected chi connectivity index (χ1v) is 5.70. The minimum absolute atomic E-state index is 0.906. The molecular weight excluding hydrogens is 188 g/mol. The molecule has 0 amide bonds. The Morgan fingerprint density at radius 2 is 2.17 bits per heavy atom. The lowest BCUT2D eigenvalue weighted by atomic mass is 10.1. The fourth-order valence-electron chi connectivity index (χ4n) is 1.13. The van der Waals surface area contributed by atoms with Crippen molar-refractivity contribution >= 4 is 23.4 Å². The molecule has 0 heterocycles. The first kappa shape index (κ1) is 9.94. The van der Waals surface area contributed by atoms with Crippen molar-refractivity contribution < 1.29 is 0 Å². The third-order valence-corrected chi connectivity index (χ3v) is 2.86. The van der Waals surface area contributed by atoms with Crippen LogP contribution in [0.3, 0.4) is 0 Å². The lowest BCUT2D eigenvalue weighted by molar-refractivity contribution is 0.920. The van der Waals surface area contributed by atoms with Crippen LogP contribution >= 0.6 is 23.4 Å². The van der Waals surface area contributed by atoms with Crippen molar-refractivity contribution in [3.63, 3.8) is 0 Å². The van der Waals surface area contributed by atoms with Crippen LogP contribution < -0.4 is 0 Å². The van der Waals surface area contributed by atoms with E-state index >= 15 is 0 Å². The van der Waals surface area contributed by atoms with Crippen LogP contribution in [0.4, 0.5) is 0 Å². The number of thioether (sulfide) groups is 1. The van der Waals surface area contributed by atoms with Gasteiger partial charge in [0.05, 0.1) is 0 Å². The van der Waals surface area contributed by atoms with E-state index in [4.69, 9.17) is 11.6 Å². The minimum atomic E-state index is 0.906. The van der Waals surface area contributed by atoms with Crippen LogP contribution in [0, 0.1) is 0 Å². The lowest BCUT2D eigenvalue weighted by Crippen LogP contribution is -1.84. The Labute approximate surface area is 83.3 Å². The van der Waals surface area contributed by atoms with E-state index in [1.165, 1.54) is 10.5 Å². The van der Waals surface area contributed by atoms with Gasteiger partial charge in [-0.25, -0.2) is 0 Å². The SMILES string of the molecule is CCCc1ccc(SC)cc1Cl. The first-order chi connectivity index (χ1) is 5.77. The van der Waals surface area contributed by atoms with E-state index in [0.717, 1.165) is 17.9 Å². The Morgan fingerprint density at radius 1 is 1.42 bits per heavy atom. The van der Waals surface area contributed by atoms with Crippen LogP contribution in [0.1, 0.15) is 18.9 Å². The number of benzene rings is 1. The van der Waals surface area contributed by atoms with Gasteiger partial charge in [-0.2, -0.15) is 0 Å². The van der Waals surface area contributed by atoms with Gasteiger partial charge in [0, 0.05) is 9.92 Å². The average molecular weight is 201 g/mol. The molecule has 0 bridgehead atoms. The second-order valence-electron chi connectivity index (χ2n) is 2.71. The molecule has 1 rings (SSSR count). The highest BCUT2D eigenvalue weighted by Crippen LogP contribution is 2.24. The molecule has 0 spiro atoms. The second-order valence-corrected chi connectivity index (χ2v) is 3.99. The standard InChI is InChI=1S/C10H13ClS/c1-3-4-8-5-6-9(12-2)7-10(8)11/h5-7H,3-4H2,1-2H3. The van der Waals surface area contributed by atoms with Crippen molar-refractivity contribution in [2.24, 2.45) is 0 Å². The molecule has 0 nitrogen and oxygen atoms in total. The predicted octanol–water partition coefficient (Wildman–Crippen LogP) is 4.01. The summed E-state index contributed by atoms with van der Waals surface area (Å²) in [6.45, 7) is 2.17. The highest BCUT2D eigenvalue weighted by molar-refractivity contribution is 7.98. The molecule has 0 N–H and O–H groups in total. The van der Waals surface area contributed by atoms with E-state index in [-0.39, 0.29) is 0 Å². The van der Waals surface area contributed by atoms with Crippen molar-refractivity contribution in [3.8, 4) is 0 Å². The van der Waals surface area contributed by atoms with E-state index in [9.17, 15) is 0 Å². The van der Waals surface area contributed by atoms with Crippen molar-refractivity contribution in [1.82, 2.24) is 0 Å². The third-order valence-electron chi connectivity index (χ3n) is 1.78. The van der Waals surface area contributed by atoms with Gasteiger partial charge >= 0.3 is 0 Å². The summed E-state index contributed by atoms with van der Waals surface area (Å²) in [6.07, 6.45) is 4.29. The number of aryl methyl sites for hydroxylation is 1. The molecule has 66 valence electrons. The topological polar surface area (TPSA) is 0 Å². The van der Waals surface area contributed by atoms with Gasteiger partial charge < -0.3 is 0 Å². The maximum atomic E-state index is 6.07. The molecule has 0 aliphatic rings. The number of hydrogen-bond acceptors (Lipinski definition) is 1. The van der Waals surface area contributed by atoms with Crippen LogP contribution in [0.15, 0.2) is 23.1 Å². The number of halogens is 1. The molecule has 0 saturated carbocycles. The average Bonchev–Trinajstić information content (AvgIpc) is 2.09. The normalized spacial score (nSPS) is 10.2. The fraction of sp³-hybridized carbons (Fsp3) is 0.400. The summed E-state index contributed by atoms with van der Waals surface area (Å²) < 4.78 is 0. The summed E-state index contributed by atoms with van der Waals surface area (Å²) in [4.78, 5) is 1.24. The van der Waals surface area contributed by atoms with Crippen molar-refractivity contribution in [3.05, 3.63) is 28.8 Å². The molecule has 0 atom stereocenters. The van der Waals surface area contributed by atoms with Gasteiger partial charge in [0.25, 0.3) is 0 Å². The molecular formula is C10H13ClS. The molecule has 0 aliphatic carbocycles. The Morgan fingerprint density at radius 3 is 2.67 bits per heavy atom.